The first-order valence-electron chi connectivity index (χ1n) is 14.3. The molecule has 1 fully saturated rings. The van der Waals surface area contributed by atoms with Crippen LogP contribution in [-0.4, -0.2) is 42.2 Å². The molecular formula is C32H35N7O2. The van der Waals surface area contributed by atoms with Crippen LogP contribution < -0.4 is 10.3 Å². The minimum atomic E-state index is -0.497. The summed E-state index contributed by atoms with van der Waals surface area (Å²) >= 11 is 0. The maximum atomic E-state index is 13.9. The lowest BCUT2D eigenvalue weighted by atomic mass is 9.95. The van der Waals surface area contributed by atoms with Gasteiger partial charge in [-0.25, -0.2) is 4.68 Å². The van der Waals surface area contributed by atoms with E-state index < -0.39 is 6.04 Å². The highest BCUT2D eigenvalue weighted by molar-refractivity contribution is 5.79. The number of pyridine rings is 2. The number of ether oxygens (including phenoxy) is 1. The summed E-state index contributed by atoms with van der Waals surface area (Å²) in [5.74, 6) is 1.48. The van der Waals surface area contributed by atoms with Crippen LogP contribution in [0.25, 0.3) is 10.9 Å². The molecule has 1 N–H and O–H groups in total. The Morgan fingerprint density at radius 3 is 2.59 bits per heavy atom. The molecular weight excluding hydrogens is 514 g/mol. The molecule has 41 heavy (non-hydrogen) atoms. The first-order valence-corrected chi connectivity index (χ1v) is 14.3. The standard InChI is InChI=1S/C32H35N7O2/c1-22-10-13-25-18-28(32(40)34-29(25)17-22)30(31-35-36-37-39(31)26-8-4-3-5-9-26)38(21-24-7-6-16-33-19-24)20-23-11-14-27(41-2)15-12-23/h6-7,10-19,26,30H,3-5,8-9,20-21H2,1-2H3,(H,34,40)/t30-/m0/s1. The second-order valence-electron chi connectivity index (χ2n) is 10.9. The van der Waals surface area contributed by atoms with Crippen LogP contribution in [0.1, 0.15) is 72.3 Å². The van der Waals surface area contributed by atoms with E-state index in [2.05, 4.69) is 60.7 Å². The second kappa shape index (κ2) is 12.0. The van der Waals surface area contributed by atoms with Gasteiger partial charge in [0.1, 0.15) is 11.8 Å². The van der Waals surface area contributed by atoms with E-state index in [0.29, 0.717) is 24.5 Å². The van der Waals surface area contributed by atoms with Crippen LogP contribution in [0.5, 0.6) is 5.75 Å². The number of aromatic nitrogens is 6. The molecule has 5 aromatic rings. The summed E-state index contributed by atoms with van der Waals surface area (Å²) < 4.78 is 7.38. The van der Waals surface area contributed by atoms with E-state index in [1.54, 1.807) is 13.3 Å². The number of rotatable bonds is 9. The topological polar surface area (TPSA) is 102 Å². The van der Waals surface area contributed by atoms with E-state index >= 15 is 0 Å². The first kappa shape index (κ1) is 26.8. The molecule has 0 spiro atoms. The second-order valence-corrected chi connectivity index (χ2v) is 10.9. The van der Waals surface area contributed by atoms with Crippen LogP contribution in [0.15, 0.2) is 77.9 Å². The predicted octanol–water partition coefficient (Wildman–Crippen LogP) is 5.52. The monoisotopic (exact) mass is 549 g/mol. The number of nitrogens with one attached hydrogen (secondary N) is 1. The Kier molecular flexibility index (Phi) is 7.86. The molecule has 3 aromatic heterocycles. The maximum Gasteiger partial charge on any atom is 0.253 e. The van der Waals surface area contributed by atoms with Crippen molar-refractivity contribution in [2.75, 3.05) is 7.11 Å². The third kappa shape index (κ3) is 5.90. The fourth-order valence-corrected chi connectivity index (χ4v) is 5.93. The van der Waals surface area contributed by atoms with Crippen LogP contribution in [0.2, 0.25) is 0 Å². The van der Waals surface area contributed by atoms with Gasteiger partial charge in [-0.15, -0.1) is 5.10 Å². The van der Waals surface area contributed by atoms with Crippen molar-refractivity contribution in [1.29, 1.82) is 0 Å². The molecule has 9 heteroatoms. The van der Waals surface area contributed by atoms with Gasteiger partial charge in [-0.3, -0.25) is 14.7 Å². The predicted molar refractivity (Wildman–Crippen MR) is 158 cm³/mol. The molecule has 1 aliphatic rings. The van der Waals surface area contributed by atoms with Gasteiger partial charge < -0.3 is 9.72 Å². The zero-order valence-corrected chi connectivity index (χ0v) is 23.5. The number of aromatic amines is 1. The molecule has 9 nitrogen and oxygen atoms in total. The highest BCUT2D eigenvalue weighted by atomic mass is 16.5. The van der Waals surface area contributed by atoms with E-state index in [4.69, 9.17) is 4.74 Å². The van der Waals surface area contributed by atoms with Crippen molar-refractivity contribution in [3.05, 3.63) is 111 Å². The molecule has 6 rings (SSSR count). The van der Waals surface area contributed by atoms with Gasteiger partial charge in [0.25, 0.3) is 5.56 Å². The van der Waals surface area contributed by atoms with Crippen LogP contribution in [0.3, 0.4) is 0 Å². The van der Waals surface area contributed by atoms with Gasteiger partial charge in [-0.2, -0.15) is 0 Å². The normalized spacial score (nSPS) is 14.9. The van der Waals surface area contributed by atoms with Gasteiger partial charge in [0.2, 0.25) is 0 Å². The maximum absolute atomic E-state index is 13.9. The zero-order chi connectivity index (χ0) is 28.2. The van der Waals surface area contributed by atoms with Gasteiger partial charge in [0.15, 0.2) is 5.82 Å². The summed E-state index contributed by atoms with van der Waals surface area (Å²) in [6.45, 7) is 3.14. The van der Waals surface area contributed by atoms with Crippen LogP contribution in [0, 0.1) is 6.92 Å². The number of benzene rings is 2. The van der Waals surface area contributed by atoms with E-state index in [0.717, 1.165) is 59.0 Å². The number of fused-ring (bicyclic) bond motifs is 1. The Hall–Kier alpha value is -4.37. The van der Waals surface area contributed by atoms with Gasteiger partial charge >= 0.3 is 0 Å². The molecule has 0 aliphatic heterocycles. The molecule has 0 radical (unpaired) electrons. The summed E-state index contributed by atoms with van der Waals surface area (Å²) in [5.41, 5.74) is 4.51. The highest BCUT2D eigenvalue weighted by Gasteiger charge is 2.33. The largest absolute Gasteiger partial charge is 0.497 e. The lowest BCUT2D eigenvalue weighted by Gasteiger charge is -2.32. The number of nitrogens with zero attached hydrogens (tertiary/aromatic N) is 6. The Bertz CT molecular complexity index is 1660. The number of hydrogen-bond donors (Lipinski definition) is 1. The summed E-state index contributed by atoms with van der Waals surface area (Å²) in [7, 11) is 1.67. The third-order valence-corrected chi connectivity index (χ3v) is 8.03. The van der Waals surface area contributed by atoms with E-state index in [9.17, 15) is 4.79 Å². The first-order chi connectivity index (χ1) is 20.1. The van der Waals surface area contributed by atoms with Crippen LogP contribution in [0.4, 0.5) is 0 Å². The minimum absolute atomic E-state index is 0.141. The van der Waals surface area contributed by atoms with Crippen molar-refractivity contribution in [2.45, 2.75) is 64.2 Å². The van der Waals surface area contributed by atoms with Gasteiger partial charge in [0.05, 0.1) is 13.2 Å². The van der Waals surface area contributed by atoms with Crippen LogP contribution >= 0.6 is 0 Å². The molecule has 0 saturated heterocycles. The quantitative estimate of drug-likeness (QED) is 0.258. The lowest BCUT2D eigenvalue weighted by Crippen LogP contribution is -2.35. The average Bonchev–Trinajstić information content (AvgIpc) is 3.48. The van der Waals surface area contributed by atoms with Crippen molar-refractivity contribution >= 4 is 10.9 Å². The van der Waals surface area contributed by atoms with E-state index in [1.165, 1.54) is 6.42 Å². The fraction of sp³-hybridized carbons (Fsp3) is 0.344. The summed E-state index contributed by atoms with van der Waals surface area (Å²) in [6.07, 6.45) is 9.22. The minimum Gasteiger partial charge on any atom is -0.497 e. The molecule has 0 amide bonds. The third-order valence-electron chi connectivity index (χ3n) is 8.03. The van der Waals surface area contributed by atoms with Gasteiger partial charge in [0, 0.05) is 36.6 Å². The zero-order valence-electron chi connectivity index (χ0n) is 23.5. The lowest BCUT2D eigenvalue weighted by molar-refractivity contribution is 0.186. The van der Waals surface area contributed by atoms with Gasteiger partial charge in [-0.1, -0.05) is 49.6 Å². The number of H-pyrrole nitrogens is 1. The van der Waals surface area contributed by atoms with Gasteiger partial charge in [-0.05, 0) is 82.6 Å². The number of aryl methyl sites for hydroxylation is 1. The number of hydrogen-bond acceptors (Lipinski definition) is 7. The Labute approximate surface area is 239 Å². The summed E-state index contributed by atoms with van der Waals surface area (Å²) in [6, 6.07) is 19.9. The van der Waals surface area contributed by atoms with Crippen molar-refractivity contribution in [3.8, 4) is 5.75 Å². The molecule has 1 aliphatic carbocycles. The fourth-order valence-electron chi connectivity index (χ4n) is 5.93. The number of tetrazole rings is 1. The Balaban J connectivity index is 1.51. The molecule has 1 saturated carbocycles. The summed E-state index contributed by atoms with van der Waals surface area (Å²) in [5, 5.41) is 14.2. The molecule has 0 unspecified atom stereocenters. The molecule has 2 aromatic carbocycles. The molecule has 0 bridgehead atoms. The average molecular weight is 550 g/mol. The van der Waals surface area contributed by atoms with E-state index in [-0.39, 0.29) is 11.6 Å². The summed E-state index contributed by atoms with van der Waals surface area (Å²) in [4.78, 5) is 23.7. The van der Waals surface area contributed by atoms with Crippen LogP contribution in [-0.2, 0) is 13.1 Å². The Morgan fingerprint density at radius 2 is 1.83 bits per heavy atom. The Morgan fingerprint density at radius 1 is 1.02 bits per heavy atom. The molecule has 210 valence electrons. The molecule has 1 atom stereocenters. The smallest absolute Gasteiger partial charge is 0.253 e. The SMILES string of the molecule is COc1ccc(CN(Cc2cccnc2)[C@@H](c2cc3ccc(C)cc3[nH]c2=O)c2nnnn2C2CCCCC2)cc1. The van der Waals surface area contributed by atoms with Crippen molar-refractivity contribution in [2.24, 2.45) is 0 Å². The molecule has 3 heterocycles. The van der Waals surface area contributed by atoms with E-state index in [1.807, 2.05) is 48.1 Å². The van der Waals surface area contributed by atoms with Crippen molar-refractivity contribution in [1.82, 2.24) is 35.1 Å². The number of methoxy groups -OCH3 is 1. The highest BCUT2D eigenvalue weighted by Crippen LogP contribution is 2.34. The van der Waals surface area contributed by atoms with Crippen molar-refractivity contribution < 1.29 is 4.74 Å². The van der Waals surface area contributed by atoms with Crippen molar-refractivity contribution in [3.63, 3.8) is 0 Å².